The minimum Gasteiger partial charge on any atom is -0.490 e. The third-order valence-corrected chi connectivity index (χ3v) is 6.19. The van der Waals surface area contributed by atoms with Crippen molar-refractivity contribution >= 4 is 17.7 Å². The third kappa shape index (κ3) is 5.59. The van der Waals surface area contributed by atoms with Crippen LogP contribution in [-0.2, 0) is 11.8 Å². The van der Waals surface area contributed by atoms with Crippen LogP contribution in [0.25, 0.3) is 11.3 Å². The first-order chi connectivity index (χ1) is 17.2. The molecule has 36 heavy (non-hydrogen) atoms. The molecule has 0 saturated carbocycles. The maximum absolute atomic E-state index is 12.8. The number of urea groups is 1. The minimum absolute atomic E-state index is 0.0420. The van der Waals surface area contributed by atoms with Crippen LogP contribution in [0.4, 0.5) is 16.4 Å². The van der Waals surface area contributed by atoms with Gasteiger partial charge in [-0.3, -0.25) is 4.68 Å². The number of carbonyl (C=O) groups excluding carboxylic acids is 1. The molecule has 190 valence electrons. The van der Waals surface area contributed by atoms with Crippen LogP contribution in [-0.4, -0.2) is 62.1 Å². The molecule has 1 saturated heterocycles. The number of benzene rings is 1. The van der Waals surface area contributed by atoms with Gasteiger partial charge in [0.05, 0.1) is 35.3 Å². The van der Waals surface area contributed by atoms with E-state index >= 15 is 0 Å². The van der Waals surface area contributed by atoms with Gasteiger partial charge < -0.3 is 25.0 Å². The van der Waals surface area contributed by atoms with Gasteiger partial charge in [-0.1, -0.05) is 12.1 Å². The summed E-state index contributed by atoms with van der Waals surface area (Å²) in [5.41, 5.74) is 3.09. The van der Waals surface area contributed by atoms with E-state index in [9.17, 15) is 4.79 Å². The SMILES string of the molecule is Cn1cc(Nc2nccc(-c3ccc4c(c3)OCC(OC(C)(C)C)CC4NC(=O)N3CCC3)n2)cn1. The van der Waals surface area contributed by atoms with Gasteiger partial charge in [0.2, 0.25) is 5.95 Å². The molecule has 1 aromatic carbocycles. The average Bonchev–Trinajstić information content (AvgIpc) is 3.11. The predicted molar refractivity (Wildman–Crippen MR) is 136 cm³/mol. The van der Waals surface area contributed by atoms with Crippen molar-refractivity contribution in [1.29, 1.82) is 0 Å². The van der Waals surface area contributed by atoms with Gasteiger partial charge in [-0.15, -0.1) is 0 Å². The molecule has 0 aliphatic carbocycles. The van der Waals surface area contributed by atoms with Crippen LogP contribution < -0.4 is 15.4 Å². The van der Waals surface area contributed by atoms with Crippen molar-refractivity contribution in [2.75, 3.05) is 25.0 Å². The van der Waals surface area contributed by atoms with Crippen molar-refractivity contribution < 1.29 is 14.3 Å². The lowest BCUT2D eigenvalue weighted by atomic mass is 9.98. The lowest BCUT2D eigenvalue weighted by molar-refractivity contribution is -0.0791. The number of carbonyl (C=O) groups is 1. The fraction of sp³-hybridized carbons (Fsp3) is 0.462. The number of likely N-dealkylation sites (tertiary alicyclic amines) is 1. The molecule has 5 rings (SSSR count). The van der Waals surface area contributed by atoms with Gasteiger partial charge in [0.1, 0.15) is 12.4 Å². The molecule has 0 radical (unpaired) electrons. The Bertz CT molecular complexity index is 1230. The van der Waals surface area contributed by atoms with Crippen LogP contribution in [0, 0.1) is 0 Å². The van der Waals surface area contributed by atoms with Crippen LogP contribution in [0.2, 0.25) is 0 Å². The van der Waals surface area contributed by atoms with Crippen molar-refractivity contribution in [2.45, 2.75) is 51.4 Å². The summed E-state index contributed by atoms with van der Waals surface area (Å²) in [5, 5.41) is 10.6. The first-order valence-electron chi connectivity index (χ1n) is 12.3. The molecule has 2 N–H and O–H groups in total. The molecule has 4 heterocycles. The van der Waals surface area contributed by atoms with Crippen LogP contribution >= 0.6 is 0 Å². The van der Waals surface area contributed by atoms with E-state index in [4.69, 9.17) is 9.47 Å². The monoisotopic (exact) mass is 491 g/mol. The fourth-order valence-corrected chi connectivity index (χ4v) is 4.42. The van der Waals surface area contributed by atoms with E-state index in [0.717, 1.165) is 47.8 Å². The van der Waals surface area contributed by atoms with E-state index in [2.05, 4.69) is 25.7 Å². The van der Waals surface area contributed by atoms with Gasteiger partial charge in [-0.2, -0.15) is 5.10 Å². The topological polar surface area (TPSA) is 106 Å². The Labute approximate surface area is 211 Å². The summed E-state index contributed by atoms with van der Waals surface area (Å²) in [6.07, 6.45) is 6.82. The zero-order chi connectivity index (χ0) is 25.3. The quantitative estimate of drug-likeness (QED) is 0.555. The van der Waals surface area contributed by atoms with Gasteiger partial charge in [0.25, 0.3) is 0 Å². The first kappa shape index (κ1) is 24.1. The Hall–Kier alpha value is -3.66. The largest absolute Gasteiger partial charge is 0.490 e. The number of hydrogen-bond acceptors (Lipinski definition) is 7. The minimum atomic E-state index is -0.319. The Morgan fingerprint density at radius 3 is 2.75 bits per heavy atom. The van der Waals surface area contributed by atoms with Crippen LogP contribution in [0.3, 0.4) is 0 Å². The van der Waals surface area contributed by atoms with Crippen LogP contribution in [0.1, 0.15) is 45.2 Å². The molecule has 2 amide bonds. The van der Waals surface area contributed by atoms with Crippen molar-refractivity contribution in [1.82, 2.24) is 30.0 Å². The molecule has 0 spiro atoms. The zero-order valence-electron chi connectivity index (χ0n) is 21.2. The first-order valence-corrected chi connectivity index (χ1v) is 12.3. The van der Waals surface area contributed by atoms with E-state index in [-0.39, 0.29) is 23.8 Å². The predicted octanol–water partition coefficient (Wildman–Crippen LogP) is 4.04. The molecule has 0 bridgehead atoms. The lowest BCUT2D eigenvalue weighted by Crippen LogP contribution is -2.49. The lowest BCUT2D eigenvalue weighted by Gasteiger charge is -2.33. The summed E-state index contributed by atoms with van der Waals surface area (Å²) in [6, 6.07) is 7.60. The number of rotatable bonds is 5. The number of ether oxygens (including phenoxy) is 2. The maximum atomic E-state index is 12.8. The van der Waals surface area contributed by atoms with E-state index < -0.39 is 0 Å². The highest BCUT2D eigenvalue weighted by Gasteiger charge is 2.32. The summed E-state index contributed by atoms with van der Waals surface area (Å²) in [6.45, 7) is 8.09. The van der Waals surface area contributed by atoms with Crippen LogP contribution in [0.15, 0.2) is 42.9 Å². The Kier molecular flexibility index (Phi) is 6.53. The van der Waals surface area contributed by atoms with E-state index in [0.29, 0.717) is 19.0 Å². The van der Waals surface area contributed by atoms with Gasteiger partial charge in [0.15, 0.2) is 0 Å². The molecular formula is C26H33N7O3. The van der Waals surface area contributed by atoms with Crippen molar-refractivity contribution in [3.63, 3.8) is 0 Å². The second-order valence-corrected chi connectivity index (χ2v) is 10.3. The van der Waals surface area contributed by atoms with Gasteiger partial charge in [0, 0.05) is 50.1 Å². The van der Waals surface area contributed by atoms with Gasteiger partial charge >= 0.3 is 6.03 Å². The fourth-order valence-electron chi connectivity index (χ4n) is 4.42. The molecule has 2 aliphatic rings. The van der Waals surface area contributed by atoms with Gasteiger partial charge in [-0.25, -0.2) is 14.8 Å². The number of aryl methyl sites for hydroxylation is 1. The highest BCUT2D eigenvalue weighted by Crippen LogP contribution is 2.36. The number of amides is 2. The Balaban J connectivity index is 1.41. The Morgan fingerprint density at radius 1 is 1.22 bits per heavy atom. The second-order valence-electron chi connectivity index (χ2n) is 10.3. The smallest absolute Gasteiger partial charge is 0.317 e. The number of nitrogens with zero attached hydrogens (tertiary/aromatic N) is 5. The molecule has 2 unspecified atom stereocenters. The second kappa shape index (κ2) is 9.77. The number of anilines is 2. The standard InChI is InChI=1S/C26H33N7O3/c1-26(2,3)36-19-13-22(31-25(34)33-10-5-11-33)20-7-6-17(12-23(20)35-16-19)21-8-9-27-24(30-21)29-18-14-28-32(4)15-18/h6-9,12,14-15,19,22H,5,10-11,13,16H2,1-4H3,(H,31,34)(H,27,29,30). The molecule has 3 aromatic rings. The molecule has 2 aliphatic heterocycles. The average molecular weight is 492 g/mol. The summed E-state index contributed by atoms with van der Waals surface area (Å²) in [4.78, 5) is 23.6. The Morgan fingerprint density at radius 2 is 2.06 bits per heavy atom. The molecule has 10 nitrogen and oxygen atoms in total. The van der Waals surface area contributed by atoms with Crippen molar-refractivity contribution in [2.24, 2.45) is 7.05 Å². The third-order valence-electron chi connectivity index (χ3n) is 6.19. The van der Waals surface area contributed by atoms with Gasteiger partial charge in [-0.05, 0) is 39.3 Å². The summed E-state index contributed by atoms with van der Waals surface area (Å²) in [5.74, 6) is 1.21. The maximum Gasteiger partial charge on any atom is 0.317 e. The number of aromatic nitrogens is 4. The number of nitrogens with one attached hydrogen (secondary N) is 2. The molecule has 2 atom stereocenters. The van der Waals surface area contributed by atoms with E-state index in [1.54, 1.807) is 17.1 Å². The van der Waals surface area contributed by atoms with Crippen molar-refractivity contribution in [3.05, 3.63) is 48.4 Å². The van der Waals surface area contributed by atoms with Crippen LogP contribution in [0.5, 0.6) is 5.75 Å². The zero-order valence-corrected chi connectivity index (χ0v) is 21.2. The summed E-state index contributed by atoms with van der Waals surface area (Å²) >= 11 is 0. The number of hydrogen-bond donors (Lipinski definition) is 2. The summed E-state index contributed by atoms with van der Waals surface area (Å²) in [7, 11) is 1.86. The normalized spacial score (nSPS) is 19.5. The summed E-state index contributed by atoms with van der Waals surface area (Å²) < 4.78 is 14.2. The highest BCUT2D eigenvalue weighted by molar-refractivity contribution is 5.76. The number of fused-ring (bicyclic) bond motifs is 1. The highest BCUT2D eigenvalue weighted by atomic mass is 16.5. The molecule has 1 fully saturated rings. The molecular weight excluding hydrogens is 458 g/mol. The van der Waals surface area contributed by atoms with E-state index in [1.165, 1.54) is 0 Å². The van der Waals surface area contributed by atoms with E-state index in [1.807, 2.05) is 63.2 Å². The molecule has 10 heteroatoms. The van der Waals surface area contributed by atoms with Crippen molar-refractivity contribution in [3.8, 4) is 17.0 Å². The molecule has 2 aromatic heterocycles.